The summed E-state index contributed by atoms with van der Waals surface area (Å²) in [6, 6.07) is 7.38. The lowest BCUT2D eigenvalue weighted by Gasteiger charge is -2.35. The van der Waals surface area contributed by atoms with E-state index in [-0.39, 0.29) is 23.9 Å². The van der Waals surface area contributed by atoms with E-state index in [9.17, 15) is 14.7 Å². The van der Waals surface area contributed by atoms with Gasteiger partial charge in [0.25, 0.3) is 0 Å². The Kier molecular flexibility index (Phi) is 5.75. The quantitative estimate of drug-likeness (QED) is 0.872. The molecule has 2 N–H and O–H groups in total. The molecule has 1 heterocycles. The molecule has 6 heteroatoms. The molecule has 0 bridgehead atoms. The number of carboxylic acid groups (broad SMARTS) is 1. The monoisotopic (exact) mass is 352 g/mol. The Morgan fingerprint density at radius 3 is 2.62 bits per heavy atom. The van der Waals surface area contributed by atoms with Crippen molar-refractivity contribution in [3.63, 3.8) is 0 Å². The second kappa shape index (κ2) is 7.43. The number of carbonyl (C=O) groups is 2. The number of benzene rings is 1. The minimum absolute atomic E-state index is 0.183. The summed E-state index contributed by atoms with van der Waals surface area (Å²) in [5.74, 6) is -1.14. The van der Waals surface area contributed by atoms with Crippen LogP contribution >= 0.6 is 11.6 Å². The standard InChI is InChI=1S/C18H25ClN2O3/c1-12-8-13(16(22)23)10-21(9-12)17(24)20-11-18(2,3)14-6-4-5-7-15(14)19/h4-7,12-13H,8-11H2,1-3H3,(H,20,24)(H,22,23). The van der Waals surface area contributed by atoms with Crippen LogP contribution in [0.1, 0.15) is 32.8 Å². The summed E-state index contributed by atoms with van der Waals surface area (Å²) in [7, 11) is 0. The fourth-order valence-corrected chi connectivity index (χ4v) is 3.60. The number of aliphatic carboxylic acids is 1. The molecule has 2 atom stereocenters. The van der Waals surface area contributed by atoms with E-state index in [1.165, 1.54) is 0 Å². The first-order chi connectivity index (χ1) is 11.2. The minimum atomic E-state index is -0.837. The lowest BCUT2D eigenvalue weighted by Crippen LogP contribution is -2.51. The lowest BCUT2D eigenvalue weighted by atomic mass is 9.84. The highest BCUT2D eigenvalue weighted by molar-refractivity contribution is 6.31. The Morgan fingerprint density at radius 2 is 2.00 bits per heavy atom. The maximum Gasteiger partial charge on any atom is 0.317 e. The van der Waals surface area contributed by atoms with Gasteiger partial charge in [0.2, 0.25) is 0 Å². The fraction of sp³-hybridized carbons (Fsp3) is 0.556. The third-order valence-corrected chi connectivity index (χ3v) is 4.91. The van der Waals surface area contributed by atoms with Crippen LogP contribution in [0.25, 0.3) is 0 Å². The van der Waals surface area contributed by atoms with Crippen LogP contribution in [0.15, 0.2) is 24.3 Å². The first-order valence-electron chi connectivity index (χ1n) is 8.21. The minimum Gasteiger partial charge on any atom is -0.481 e. The zero-order chi connectivity index (χ0) is 17.9. The van der Waals surface area contributed by atoms with Crippen molar-refractivity contribution in [1.29, 1.82) is 0 Å². The van der Waals surface area contributed by atoms with Gasteiger partial charge in [0, 0.05) is 30.1 Å². The summed E-state index contributed by atoms with van der Waals surface area (Å²) in [5.41, 5.74) is 0.657. The fourth-order valence-electron chi connectivity index (χ4n) is 3.21. The van der Waals surface area contributed by atoms with Crippen LogP contribution in [-0.4, -0.2) is 41.6 Å². The third-order valence-electron chi connectivity index (χ3n) is 4.58. The van der Waals surface area contributed by atoms with E-state index in [2.05, 4.69) is 5.32 Å². The van der Waals surface area contributed by atoms with E-state index in [0.29, 0.717) is 24.5 Å². The van der Waals surface area contributed by atoms with Gasteiger partial charge in [0.1, 0.15) is 0 Å². The van der Waals surface area contributed by atoms with Gasteiger partial charge >= 0.3 is 12.0 Å². The molecule has 1 aromatic rings. The van der Waals surface area contributed by atoms with E-state index in [1.807, 2.05) is 45.0 Å². The molecule has 1 aromatic carbocycles. The second-order valence-electron chi connectivity index (χ2n) is 7.30. The first kappa shape index (κ1) is 18.6. The van der Waals surface area contributed by atoms with Gasteiger partial charge in [-0.1, -0.05) is 50.6 Å². The van der Waals surface area contributed by atoms with Crippen LogP contribution in [0.3, 0.4) is 0 Å². The maximum atomic E-state index is 12.5. The molecule has 24 heavy (non-hydrogen) atoms. The summed E-state index contributed by atoms with van der Waals surface area (Å²) < 4.78 is 0. The van der Waals surface area contributed by atoms with Crippen molar-refractivity contribution in [2.24, 2.45) is 11.8 Å². The highest BCUT2D eigenvalue weighted by atomic mass is 35.5. The van der Waals surface area contributed by atoms with Crippen molar-refractivity contribution in [3.8, 4) is 0 Å². The lowest BCUT2D eigenvalue weighted by molar-refractivity contribution is -0.143. The number of carbonyl (C=O) groups excluding carboxylic acids is 1. The number of rotatable bonds is 4. The molecule has 2 amide bonds. The van der Waals surface area contributed by atoms with Crippen LogP contribution < -0.4 is 5.32 Å². The van der Waals surface area contributed by atoms with E-state index in [0.717, 1.165) is 5.56 Å². The molecule has 0 aromatic heterocycles. The SMILES string of the molecule is CC1CC(C(=O)O)CN(C(=O)NCC(C)(C)c2ccccc2Cl)C1. The zero-order valence-corrected chi connectivity index (χ0v) is 15.1. The molecule has 0 aliphatic carbocycles. The molecule has 2 unspecified atom stereocenters. The Morgan fingerprint density at radius 1 is 1.33 bits per heavy atom. The molecule has 1 aliphatic rings. The number of hydrogen-bond donors (Lipinski definition) is 2. The number of carboxylic acids is 1. The van der Waals surface area contributed by atoms with Crippen LogP contribution in [0.5, 0.6) is 0 Å². The van der Waals surface area contributed by atoms with Crippen molar-refractivity contribution >= 4 is 23.6 Å². The van der Waals surface area contributed by atoms with Gasteiger partial charge in [0.15, 0.2) is 0 Å². The molecule has 0 radical (unpaired) electrons. The van der Waals surface area contributed by atoms with Gasteiger partial charge in [-0.2, -0.15) is 0 Å². The molecule has 2 rings (SSSR count). The molecule has 0 spiro atoms. The number of hydrogen-bond acceptors (Lipinski definition) is 2. The normalized spacial score (nSPS) is 21.4. The highest BCUT2D eigenvalue weighted by Crippen LogP contribution is 2.29. The van der Waals surface area contributed by atoms with Gasteiger partial charge in [-0.15, -0.1) is 0 Å². The van der Waals surface area contributed by atoms with Crippen LogP contribution in [0.2, 0.25) is 5.02 Å². The van der Waals surface area contributed by atoms with E-state index in [1.54, 1.807) is 4.90 Å². The number of nitrogens with one attached hydrogen (secondary N) is 1. The van der Waals surface area contributed by atoms with Crippen LogP contribution in [0, 0.1) is 11.8 Å². The number of nitrogens with zero attached hydrogens (tertiary/aromatic N) is 1. The van der Waals surface area contributed by atoms with Crippen molar-refractivity contribution < 1.29 is 14.7 Å². The highest BCUT2D eigenvalue weighted by Gasteiger charge is 2.32. The van der Waals surface area contributed by atoms with Gasteiger partial charge in [-0.3, -0.25) is 4.79 Å². The number of piperidine rings is 1. The average molecular weight is 353 g/mol. The summed E-state index contributed by atoms with van der Waals surface area (Å²) in [6.07, 6.45) is 0.615. The van der Waals surface area contributed by atoms with Gasteiger partial charge < -0.3 is 15.3 Å². The van der Waals surface area contributed by atoms with E-state index in [4.69, 9.17) is 11.6 Å². The molecular weight excluding hydrogens is 328 g/mol. The smallest absolute Gasteiger partial charge is 0.317 e. The summed E-state index contributed by atoms with van der Waals surface area (Å²) in [5, 5.41) is 12.8. The number of amides is 2. The van der Waals surface area contributed by atoms with Crippen molar-refractivity contribution in [2.45, 2.75) is 32.6 Å². The molecule has 0 saturated carbocycles. The van der Waals surface area contributed by atoms with Crippen LogP contribution in [0.4, 0.5) is 4.79 Å². The number of halogens is 1. The maximum absolute atomic E-state index is 12.5. The first-order valence-corrected chi connectivity index (χ1v) is 8.59. The predicted molar refractivity (Wildman–Crippen MR) is 94.4 cm³/mol. The summed E-state index contributed by atoms with van der Waals surface area (Å²) in [4.78, 5) is 25.3. The number of likely N-dealkylation sites (tertiary alicyclic amines) is 1. The van der Waals surface area contributed by atoms with Crippen molar-refractivity contribution in [3.05, 3.63) is 34.9 Å². The largest absolute Gasteiger partial charge is 0.481 e. The molecule has 1 aliphatic heterocycles. The van der Waals surface area contributed by atoms with Crippen molar-refractivity contribution in [2.75, 3.05) is 19.6 Å². The Labute approximate surface area is 148 Å². The zero-order valence-electron chi connectivity index (χ0n) is 14.4. The Balaban J connectivity index is 1.99. The number of urea groups is 1. The molecule has 132 valence electrons. The topological polar surface area (TPSA) is 69.6 Å². The second-order valence-corrected chi connectivity index (χ2v) is 7.71. The third kappa shape index (κ3) is 4.41. The van der Waals surface area contributed by atoms with Crippen LogP contribution in [-0.2, 0) is 10.2 Å². The molecular formula is C18H25ClN2O3. The predicted octanol–water partition coefficient (Wildman–Crippen LogP) is 3.37. The van der Waals surface area contributed by atoms with Gasteiger partial charge in [-0.05, 0) is 24.0 Å². The molecule has 5 nitrogen and oxygen atoms in total. The summed E-state index contributed by atoms with van der Waals surface area (Å²) >= 11 is 6.26. The van der Waals surface area contributed by atoms with E-state index < -0.39 is 11.9 Å². The summed E-state index contributed by atoms with van der Waals surface area (Å²) in [6.45, 7) is 7.29. The molecule has 1 fully saturated rings. The van der Waals surface area contributed by atoms with Gasteiger partial charge in [0.05, 0.1) is 5.92 Å². The molecule has 1 saturated heterocycles. The van der Waals surface area contributed by atoms with Crippen molar-refractivity contribution in [1.82, 2.24) is 10.2 Å². The Bertz CT molecular complexity index is 618. The van der Waals surface area contributed by atoms with E-state index >= 15 is 0 Å². The van der Waals surface area contributed by atoms with Gasteiger partial charge in [-0.25, -0.2) is 4.79 Å². The Hall–Kier alpha value is -1.75. The average Bonchev–Trinajstić information content (AvgIpc) is 2.52.